The minimum atomic E-state index is -0.957. The Morgan fingerprint density at radius 1 is 0.960 bits per heavy atom. The molecule has 2 saturated heterocycles. The van der Waals surface area contributed by atoms with Crippen LogP contribution >= 0.6 is 9.12 Å². The Kier molecular flexibility index (Phi) is 7.73. The zero-order valence-electron chi connectivity index (χ0n) is 16.2. The van der Waals surface area contributed by atoms with E-state index in [1.807, 2.05) is 13.7 Å². The monoisotopic (exact) mass is 376 g/mol. The molecule has 11 unspecified atom stereocenters. The van der Waals surface area contributed by atoms with Gasteiger partial charge in [0.2, 0.25) is 0 Å². The van der Waals surface area contributed by atoms with Crippen molar-refractivity contribution in [3.05, 3.63) is 0 Å². The zero-order chi connectivity index (χ0) is 18.9. The lowest BCUT2D eigenvalue weighted by atomic mass is 9.79. The summed E-state index contributed by atoms with van der Waals surface area (Å²) in [4.78, 5) is 0. The predicted octanol–water partition coefficient (Wildman–Crippen LogP) is 1.54. The van der Waals surface area contributed by atoms with Crippen molar-refractivity contribution in [3.8, 4) is 0 Å². The van der Waals surface area contributed by atoms with Gasteiger partial charge in [-0.15, -0.1) is 9.12 Å². The van der Waals surface area contributed by atoms with E-state index < -0.39 is 24.4 Å². The molecule has 2 N–H and O–H groups in total. The van der Waals surface area contributed by atoms with Crippen LogP contribution in [0.3, 0.4) is 0 Å². The van der Waals surface area contributed by atoms with Gasteiger partial charge in [-0.2, -0.15) is 0 Å². The average molecular weight is 376 g/mol. The molecule has 0 radical (unpaired) electrons. The highest BCUT2D eigenvalue weighted by Gasteiger charge is 2.48. The third kappa shape index (κ3) is 4.76. The van der Waals surface area contributed by atoms with E-state index >= 15 is 0 Å². The van der Waals surface area contributed by atoms with Gasteiger partial charge in [-0.25, -0.2) is 0 Å². The maximum atomic E-state index is 10.6. The first-order chi connectivity index (χ1) is 11.7. The van der Waals surface area contributed by atoms with Gasteiger partial charge >= 0.3 is 6.64 Å². The van der Waals surface area contributed by atoms with Crippen molar-refractivity contribution >= 4 is 15.8 Å². The molecule has 0 saturated carbocycles. The predicted molar refractivity (Wildman–Crippen MR) is 100 cm³/mol. The summed E-state index contributed by atoms with van der Waals surface area (Å²) in [7, 11) is 2.56. The molecular weight excluding hydrogens is 342 g/mol. The van der Waals surface area contributed by atoms with Gasteiger partial charge in [-0.3, -0.25) is 0 Å². The summed E-state index contributed by atoms with van der Waals surface area (Å²) in [5, 5.41) is 20.0. The van der Waals surface area contributed by atoms with E-state index in [-0.39, 0.29) is 37.7 Å². The number of aliphatic hydroxyl groups is 2. The minimum Gasteiger partial charge on any atom is -0.424 e. The molecule has 2 aliphatic rings. The highest BCUT2D eigenvalue weighted by Crippen LogP contribution is 2.37. The molecule has 8 heteroatoms. The summed E-state index contributed by atoms with van der Waals surface area (Å²) in [5.74, 6) is 1.14. The van der Waals surface area contributed by atoms with Gasteiger partial charge in [-0.1, -0.05) is 27.6 Å². The van der Waals surface area contributed by atoms with Crippen molar-refractivity contribution in [2.24, 2.45) is 17.8 Å². The Bertz CT molecular complexity index is 428. The number of rotatable bonds is 5. The lowest BCUT2D eigenvalue weighted by Crippen LogP contribution is -2.61. The lowest BCUT2D eigenvalue weighted by molar-refractivity contribution is -0.309. The van der Waals surface area contributed by atoms with Crippen LogP contribution in [0.15, 0.2) is 0 Å². The fourth-order valence-corrected chi connectivity index (χ4v) is 3.96. The molecular formula is C17H34BO6P. The van der Waals surface area contributed by atoms with Crippen LogP contribution in [0.2, 0.25) is 6.82 Å². The summed E-state index contributed by atoms with van der Waals surface area (Å²) in [6.07, 6.45) is -3.29. The maximum Gasteiger partial charge on any atom is 0.312 e. The fourth-order valence-electron chi connectivity index (χ4n) is 3.78. The van der Waals surface area contributed by atoms with Crippen LogP contribution < -0.4 is 0 Å². The van der Waals surface area contributed by atoms with Crippen LogP contribution in [0, 0.1) is 17.8 Å². The summed E-state index contributed by atoms with van der Waals surface area (Å²) >= 11 is 0. The molecule has 0 aromatic rings. The summed E-state index contributed by atoms with van der Waals surface area (Å²) in [6, 6.07) is 0. The van der Waals surface area contributed by atoms with Crippen LogP contribution in [-0.4, -0.2) is 66.4 Å². The third-order valence-electron chi connectivity index (χ3n) is 5.91. The quantitative estimate of drug-likeness (QED) is 0.560. The van der Waals surface area contributed by atoms with Gasteiger partial charge in [0.25, 0.3) is 0 Å². The molecule has 0 spiro atoms. The largest absolute Gasteiger partial charge is 0.424 e. The van der Waals surface area contributed by atoms with Gasteiger partial charge in [-0.05, 0) is 25.7 Å². The first kappa shape index (κ1) is 21.6. The molecule has 0 bridgehead atoms. The van der Waals surface area contributed by atoms with E-state index in [0.717, 1.165) is 0 Å². The molecule has 2 heterocycles. The first-order valence-electron chi connectivity index (χ1n) is 9.33. The highest BCUT2D eigenvalue weighted by molar-refractivity contribution is 7.60. The second kappa shape index (κ2) is 8.96. The van der Waals surface area contributed by atoms with E-state index in [9.17, 15) is 10.2 Å². The number of aliphatic hydroxyl groups excluding tert-OH is 2. The summed E-state index contributed by atoms with van der Waals surface area (Å²) in [5.41, 5.74) is 0. The fraction of sp³-hybridized carbons (Fsp3) is 1.00. The Morgan fingerprint density at radius 3 is 2.16 bits per heavy atom. The lowest BCUT2D eigenvalue weighted by Gasteiger charge is -2.48. The minimum absolute atomic E-state index is 0.103. The van der Waals surface area contributed by atoms with Crippen molar-refractivity contribution < 1.29 is 29.1 Å². The Hall–Kier alpha value is 0.255. The molecule has 0 amide bonds. The van der Waals surface area contributed by atoms with Crippen molar-refractivity contribution in [2.45, 2.75) is 84.4 Å². The number of hydrogen-bond donors (Lipinski definition) is 2. The molecule has 6 nitrogen and oxygen atoms in total. The highest BCUT2D eigenvalue weighted by atomic mass is 31.0. The van der Waals surface area contributed by atoms with Crippen molar-refractivity contribution in [3.63, 3.8) is 0 Å². The standard InChI is InChI=1S/C17H34BO6P/c1-8-9(2)11(4)22-17(10(8)3)23-15-12(5)21-13(7-19)14(20)16(15)24-18(6)25/h8-17,19-20H,7,25H2,1-6H3. The molecule has 25 heavy (non-hydrogen) atoms. The van der Waals surface area contributed by atoms with Gasteiger partial charge < -0.3 is 29.1 Å². The molecule has 0 aromatic carbocycles. The Balaban J connectivity index is 2.16. The smallest absolute Gasteiger partial charge is 0.312 e. The zero-order valence-corrected chi connectivity index (χ0v) is 17.3. The Labute approximate surface area is 154 Å². The SMILES string of the molecule is CB(P)OC1C(O)C(CO)OC(C)C1OC1OC(C)C(C)C(C)C1C. The summed E-state index contributed by atoms with van der Waals surface area (Å²) < 4.78 is 24.1. The normalized spacial score (nSPS) is 48.4. The summed E-state index contributed by atoms with van der Waals surface area (Å²) in [6.45, 7) is 12.0. The van der Waals surface area contributed by atoms with Gasteiger partial charge in [0, 0.05) is 5.92 Å². The second-order valence-corrected chi connectivity index (χ2v) is 8.69. The molecule has 0 aromatic heterocycles. The topological polar surface area (TPSA) is 77.4 Å². The average Bonchev–Trinajstić information content (AvgIpc) is 2.56. The van der Waals surface area contributed by atoms with E-state index in [1.54, 1.807) is 0 Å². The van der Waals surface area contributed by atoms with Crippen LogP contribution in [0.4, 0.5) is 0 Å². The molecule has 2 fully saturated rings. The van der Waals surface area contributed by atoms with Crippen LogP contribution in [-0.2, 0) is 18.9 Å². The van der Waals surface area contributed by atoms with Crippen LogP contribution in [0.1, 0.15) is 34.6 Å². The van der Waals surface area contributed by atoms with Crippen molar-refractivity contribution in [1.82, 2.24) is 0 Å². The van der Waals surface area contributed by atoms with E-state index in [2.05, 4.69) is 36.8 Å². The maximum absolute atomic E-state index is 10.6. The number of ether oxygens (including phenoxy) is 3. The van der Waals surface area contributed by atoms with Crippen LogP contribution in [0.5, 0.6) is 0 Å². The molecule has 2 rings (SSSR count). The van der Waals surface area contributed by atoms with Crippen LogP contribution in [0.25, 0.3) is 0 Å². The molecule has 0 aliphatic carbocycles. The van der Waals surface area contributed by atoms with Crippen molar-refractivity contribution in [2.75, 3.05) is 6.61 Å². The van der Waals surface area contributed by atoms with E-state index in [0.29, 0.717) is 11.8 Å². The Morgan fingerprint density at radius 2 is 1.60 bits per heavy atom. The number of hydrogen-bond acceptors (Lipinski definition) is 6. The molecule has 2 aliphatic heterocycles. The first-order valence-corrected chi connectivity index (χ1v) is 10.00. The van der Waals surface area contributed by atoms with Gasteiger partial charge in [0.1, 0.15) is 18.3 Å². The van der Waals surface area contributed by atoms with Gasteiger partial charge in [0.05, 0.1) is 24.9 Å². The second-order valence-electron chi connectivity index (χ2n) is 7.75. The van der Waals surface area contributed by atoms with E-state index in [1.165, 1.54) is 0 Å². The van der Waals surface area contributed by atoms with Crippen molar-refractivity contribution in [1.29, 1.82) is 0 Å². The molecule has 146 valence electrons. The molecule has 11 atom stereocenters. The van der Waals surface area contributed by atoms with Gasteiger partial charge in [0.15, 0.2) is 6.29 Å². The van der Waals surface area contributed by atoms with E-state index in [4.69, 9.17) is 18.9 Å². The third-order valence-corrected chi connectivity index (χ3v) is 6.07.